The average molecular weight is 407 g/mol. The van der Waals surface area contributed by atoms with Gasteiger partial charge in [-0.3, -0.25) is 0 Å². The van der Waals surface area contributed by atoms with Crippen LogP contribution in [-0.2, 0) is 12.8 Å². The Morgan fingerprint density at radius 3 is 2.61 bits per heavy atom. The molecule has 3 nitrogen and oxygen atoms in total. The fraction of sp³-hybridized carbons (Fsp3) is 0.261. The Hall–Kier alpha value is -2.11. The third kappa shape index (κ3) is 3.38. The standard InChI is InChI=1S/C23H22N2OS2/c1-26-17-13-11-16(12-14-17)21-15-22(27-18-7-3-2-4-8-18)28-23-24-19-9-5-6-10-20(19)25(21)23/h2-4,7-8,11-15,21H,5-6,9-10H2,1H3. The number of fused-ring (bicyclic) bond motifs is 3. The zero-order valence-electron chi connectivity index (χ0n) is 15.8. The maximum absolute atomic E-state index is 5.36. The largest absolute Gasteiger partial charge is 0.497 e. The van der Waals surface area contributed by atoms with Crippen molar-refractivity contribution in [1.82, 2.24) is 9.55 Å². The lowest BCUT2D eigenvalue weighted by molar-refractivity contribution is 0.414. The SMILES string of the molecule is COc1ccc(C2C=C(Sc3ccccc3)Sc3nc4c(n32)CCCC4)cc1. The number of allylic oxidation sites excluding steroid dienone is 1. The summed E-state index contributed by atoms with van der Waals surface area (Å²) in [5.41, 5.74) is 4.00. The molecule has 0 spiro atoms. The van der Waals surface area contributed by atoms with Gasteiger partial charge in [0.1, 0.15) is 5.75 Å². The van der Waals surface area contributed by atoms with Crippen molar-refractivity contribution in [3.05, 3.63) is 81.9 Å². The van der Waals surface area contributed by atoms with Gasteiger partial charge in [0.15, 0.2) is 5.16 Å². The summed E-state index contributed by atoms with van der Waals surface area (Å²) in [6.07, 6.45) is 7.14. The lowest BCUT2D eigenvalue weighted by Gasteiger charge is -2.27. The molecule has 0 N–H and O–H groups in total. The molecule has 0 bridgehead atoms. The smallest absolute Gasteiger partial charge is 0.174 e. The summed E-state index contributed by atoms with van der Waals surface area (Å²) >= 11 is 3.63. The van der Waals surface area contributed by atoms with E-state index in [1.165, 1.54) is 38.9 Å². The molecule has 5 rings (SSSR count). The van der Waals surface area contributed by atoms with Gasteiger partial charge in [-0.25, -0.2) is 4.98 Å². The molecule has 28 heavy (non-hydrogen) atoms. The Bertz CT molecular complexity index is 1010. The van der Waals surface area contributed by atoms with E-state index in [4.69, 9.17) is 9.72 Å². The van der Waals surface area contributed by atoms with Crippen molar-refractivity contribution in [3.63, 3.8) is 0 Å². The number of methoxy groups -OCH3 is 1. The first kappa shape index (κ1) is 18.0. The van der Waals surface area contributed by atoms with E-state index in [1.807, 2.05) is 11.8 Å². The number of benzene rings is 2. The van der Waals surface area contributed by atoms with Crippen LogP contribution >= 0.6 is 23.5 Å². The van der Waals surface area contributed by atoms with Crippen molar-refractivity contribution in [2.75, 3.05) is 7.11 Å². The van der Waals surface area contributed by atoms with E-state index < -0.39 is 0 Å². The number of thioether (sulfide) groups is 2. The molecule has 3 aromatic rings. The Morgan fingerprint density at radius 2 is 1.82 bits per heavy atom. The molecule has 2 aromatic carbocycles. The van der Waals surface area contributed by atoms with E-state index in [0.717, 1.165) is 23.7 Å². The number of ether oxygens (including phenoxy) is 1. The Balaban J connectivity index is 1.57. The van der Waals surface area contributed by atoms with Crippen LogP contribution in [0.2, 0.25) is 0 Å². The predicted octanol–water partition coefficient (Wildman–Crippen LogP) is 6.10. The average Bonchev–Trinajstić information content (AvgIpc) is 3.12. The first-order valence-electron chi connectivity index (χ1n) is 9.68. The molecule has 0 saturated carbocycles. The summed E-state index contributed by atoms with van der Waals surface area (Å²) < 4.78 is 9.12. The third-order valence-electron chi connectivity index (χ3n) is 5.32. The zero-order valence-corrected chi connectivity index (χ0v) is 17.4. The molecule has 1 atom stereocenters. The van der Waals surface area contributed by atoms with Crippen LogP contribution in [0.1, 0.15) is 35.8 Å². The van der Waals surface area contributed by atoms with Gasteiger partial charge in [0.25, 0.3) is 0 Å². The molecule has 1 aliphatic carbocycles. The molecule has 2 aliphatic rings. The summed E-state index contributed by atoms with van der Waals surface area (Å²) in [6, 6.07) is 19.2. The zero-order chi connectivity index (χ0) is 18.9. The van der Waals surface area contributed by atoms with Crippen LogP contribution in [0.3, 0.4) is 0 Å². The highest BCUT2D eigenvalue weighted by molar-refractivity contribution is 8.22. The fourth-order valence-corrected chi connectivity index (χ4v) is 6.19. The first-order chi connectivity index (χ1) is 13.8. The van der Waals surface area contributed by atoms with Gasteiger partial charge >= 0.3 is 0 Å². The second-order valence-electron chi connectivity index (χ2n) is 7.09. The van der Waals surface area contributed by atoms with Crippen LogP contribution in [0.25, 0.3) is 0 Å². The number of nitrogens with zero attached hydrogens (tertiary/aromatic N) is 2. The third-order valence-corrected chi connectivity index (χ3v) is 7.47. The van der Waals surface area contributed by atoms with Crippen molar-refractivity contribution < 1.29 is 4.74 Å². The highest BCUT2D eigenvalue weighted by Crippen LogP contribution is 2.47. The number of rotatable bonds is 4. The molecule has 1 aromatic heterocycles. The van der Waals surface area contributed by atoms with Gasteiger partial charge in [0.2, 0.25) is 0 Å². The molecule has 0 radical (unpaired) electrons. The Morgan fingerprint density at radius 1 is 1.04 bits per heavy atom. The van der Waals surface area contributed by atoms with Gasteiger partial charge in [-0.2, -0.15) is 0 Å². The van der Waals surface area contributed by atoms with Gasteiger partial charge in [-0.15, -0.1) is 0 Å². The van der Waals surface area contributed by atoms with Crippen LogP contribution < -0.4 is 4.74 Å². The minimum atomic E-state index is 0.183. The minimum Gasteiger partial charge on any atom is -0.497 e. The summed E-state index contributed by atoms with van der Waals surface area (Å²) in [6.45, 7) is 0. The van der Waals surface area contributed by atoms with Crippen molar-refractivity contribution in [1.29, 1.82) is 0 Å². The van der Waals surface area contributed by atoms with Crippen molar-refractivity contribution >= 4 is 23.5 Å². The molecular formula is C23H22N2OS2. The Kier molecular flexibility index (Phi) is 4.95. The van der Waals surface area contributed by atoms with Crippen LogP contribution in [0.5, 0.6) is 5.75 Å². The van der Waals surface area contributed by atoms with Gasteiger partial charge in [0.05, 0.1) is 23.1 Å². The van der Waals surface area contributed by atoms with Crippen molar-refractivity contribution in [3.8, 4) is 5.75 Å². The number of hydrogen-bond donors (Lipinski definition) is 0. The van der Waals surface area contributed by atoms with Crippen LogP contribution in [0, 0.1) is 0 Å². The fourth-order valence-electron chi connectivity index (χ4n) is 3.93. The molecule has 1 aliphatic heterocycles. The molecule has 0 saturated heterocycles. The van der Waals surface area contributed by atoms with E-state index in [-0.39, 0.29) is 6.04 Å². The number of imidazole rings is 1. The van der Waals surface area contributed by atoms with Gasteiger partial charge in [0, 0.05) is 10.6 Å². The summed E-state index contributed by atoms with van der Waals surface area (Å²) in [5.74, 6) is 0.893. The normalized spacial score (nSPS) is 18.2. The van der Waals surface area contributed by atoms with Crippen LogP contribution in [0.4, 0.5) is 0 Å². The quantitative estimate of drug-likeness (QED) is 0.523. The van der Waals surface area contributed by atoms with Gasteiger partial charge in [-0.1, -0.05) is 42.1 Å². The van der Waals surface area contributed by atoms with E-state index in [0.29, 0.717) is 0 Å². The minimum absolute atomic E-state index is 0.183. The predicted molar refractivity (Wildman–Crippen MR) is 116 cm³/mol. The monoisotopic (exact) mass is 406 g/mol. The highest BCUT2D eigenvalue weighted by Gasteiger charge is 2.29. The topological polar surface area (TPSA) is 27.1 Å². The van der Waals surface area contributed by atoms with Crippen molar-refractivity contribution in [2.24, 2.45) is 0 Å². The first-order valence-corrected chi connectivity index (χ1v) is 11.3. The molecular weight excluding hydrogens is 384 g/mol. The van der Waals surface area contributed by atoms with Crippen LogP contribution in [0.15, 0.2) is 75.0 Å². The maximum Gasteiger partial charge on any atom is 0.174 e. The van der Waals surface area contributed by atoms with E-state index in [9.17, 15) is 0 Å². The van der Waals surface area contributed by atoms with Gasteiger partial charge in [-0.05, 0) is 73.4 Å². The van der Waals surface area contributed by atoms with Gasteiger partial charge < -0.3 is 9.30 Å². The molecule has 5 heteroatoms. The summed E-state index contributed by atoms with van der Waals surface area (Å²) in [4.78, 5) is 6.30. The molecule has 0 fully saturated rings. The second kappa shape index (κ2) is 7.72. The summed E-state index contributed by atoms with van der Waals surface area (Å²) in [5, 5.41) is 1.13. The molecule has 2 heterocycles. The van der Waals surface area contributed by atoms with Crippen LogP contribution in [-0.4, -0.2) is 16.7 Å². The van der Waals surface area contributed by atoms with E-state index >= 15 is 0 Å². The van der Waals surface area contributed by atoms with Crippen molar-refractivity contribution in [2.45, 2.75) is 41.8 Å². The van der Waals surface area contributed by atoms with E-state index in [2.05, 4.69) is 65.2 Å². The molecule has 1 unspecified atom stereocenters. The maximum atomic E-state index is 5.36. The molecule has 142 valence electrons. The molecule has 0 amide bonds. The summed E-state index contributed by atoms with van der Waals surface area (Å²) in [7, 11) is 1.71. The lowest BCUT2D eigenvalue weighted by Crippen LogP contribution is -2.17. The number of aromatic nitrogens is 2. The highest BCUT2D eigenvalue weighted by atomic mass is 32.2. The lowest BCUT2D eigenvalue weighted by atomic mass is 9.99. The number of aryl methyl sites for hydroxylation is 1. The van der Waals surface area contributed by atoms with E-state index in [1.54, 1.807) is 18.9 Å². The second-order valence-corrected chi connectivity index (χ2v) is 9.47. The number of hydrogen-bond acceptors (Lipinski definition) is 4. The Labute approximate surface area is 174 Å².